The van der Waals surface area contributed by atoms with Crippen LogP contribution in [0.1, 0.15) is 35.5 Å². The van der Waals surface area contributed by atoms with E-state index in [4.69, 9.17) is 0 Å². The number of nitriles is 1. The lowest BCUT2D eigenvalue weighted by atomic mass is 9.96. The fraction of sp³-hybridized carbons (Fsp3) is 0.241. The van der Waals surface area contributed by atoms with Gasteiger partial charge in [0.1, 0.15) is 18.2 Å². The molecule has 200 valence electrons. The molecule has 3 aromatic heterocycles. The van der Waals surface area contributed by atoms with Crippen LogP contribution in [0.15, 0.2) is 59.9 Å². The largest absolute Gasteiger partial charge is 0.377 e. The molecule has 10 nitrogen and oxygen atoms in total. The highest BCUT2D eigenvalue weighted by Crippen LogP contribution is 2.31. The van der Waals surface area contributed by atoms with Crippen LogP contribution in [0.25, 0.3) is 22.0 Å². The van der Waals surface area contributed by atoms with E-state index in [2.05, 4.69) is 25.5 Å². The number of halogens is 1. The van der Waals surface area contributed by atoms with Crippen molar-refractivity contribution < 1.29 is 4.39 Å². The fourth-order valence-electron chi connectivity index (χ4n) is 5.22. The first-order valence-corrected chi connectivity index (χ1v) is 12.9. The molecule has 0 aliphatic carbocycles. The van der Waals surface area contributed by atoms with Crippen LogP contribution in [0.5, 0.6) is 0 Å². The molecule has 2 aromatic carbocycles. The van der Waals surface area contributed by atoms with Gasteiger partial charge in [0.25, 0.3) is 5.56 Å². The van der Waals surface area contributed by atoms with Crippen molar-refractivity contribution in [3.63, 3.8) is 0 Å². The average Bonchev–Trinajstić information content (AvgIpc) is 3.44. The van der Waals surface area contributed by atoms with Gasteiger partial charge >= 0.3 is 0 Å². The van der Waals surface area contributed by atoms with Crippen LogP contribution in [0.2, 0.25) is 0 Å². The van der Waals surface area contributed by atoms with Crippen molar-refractivity contribution in [1.82, 2.24) is 29.3 Å². The average molecular weight is 536 g/mol. The van der Waals surface area contributed by atoms with Gasteiger partial charge in [-0.05, 0) is 60.7 Å². The Labute approximate surface area is 229 Å². The molecule has 0 fully saturated rings. The SMILES string of the molecule is Cc1cc([C@@H](C)Nc2ccc(F)cc2C#N)c2cc(-c3cnc(N4CCn5cnnc5C4)nc3)n(C)c(=O)c2c1. The Bertz CT molecular complexity index is 1850. The Morgan fingerprint density at radius 1 is 1.10 bits per heavy atom. The second-order valence-electron chi connectivity index (χ2n) is 10.0. The Morgan fingerprint density at radius 3 is 2.67 bits per heavy atom. The van der Waals surface area contributed by atoms with Crippen LogP contribution < -0.4 is 15.8 Å². The molecule has 0 spiro atoms. The second-order valence-corrected chi connectivity index (χ2v) is 10.0. The predicted octanol–water partition coefficient (Wildman–Crippen LogP) is 4.10. The standard InChI is InChI=1S/C29H26FN9O/c1-17-8-22(18(2)35-25-5-4-21(30)10-19(25)12-31)23-11-26(37(3)28(40)24(23)9-17)20-13-32-29(33-14-20)38-6-7-39-16-34-36-27(39)15-38/h4-5,8-11,13-14,16,18,35H,6-7,15H2,1-3H3/t18-/m1/s1. The summed E-state index contributed by atoms with van der Waals surface area (Å²) in [5.74, 6) is 0.982. The highest BCUT2D eigenvalue weighted by atomic mass is 19.1. The number of anilines is 2. The van der Waals surface area contributed by atoms with E-state index in [1.807, 2.05) is 47.6 Å². The van der Waals surface area contributed by atoms with Gasteiger partial charge < -0.3 is 19.4 Å². The molecule has 1 N–H and O–H groups in total. The zero-order valence-electron chi connectivity index (χ0n) is 22.3. The minimum Gasteiger partial charge on any atom is -0.377 e. The molecule has 11 heteroatoms. The number of fused-ring (bicyclic) bond motifs is 2. The molecule has 1 aliphatic rings. The van der Waals surface area contributed by atoms with E-state index in [0.29, 0.717) is 34.8 Å². The van der Waals surface area contributed by atoms with Crippen LogP contribution in [0, 0.1) is 24.1 Å². The van der Waals surface area contributed by atoms with Crippen LogP contribution in [-0.4, -0.2) is 35.8 Å². The van der Waals surface area contributed by atoms with Gasteiger partial charge in [0.05, 0.1) is 23.5 Å². The Hall–Kier alpha value is -5.11. The lowest BCUT2D eigenvalue weighted by Crippen LogP contribution is -2.34. The highest BCUT2D eigenvalue weighted by molar-refractivity contribution is 5.89. The van der Waals surface area contributed by atoms with Gasteiger partial charge in [-0.2, -0.15) is 5.26 Å². The molecule has 0 saturated heterocycles. The minimum absolute atomic E-state index is 0.136. The summed E-state index contributed by atoms with van der Waals surface area (Å²) in [6.45, 7) is 5.97. The molecule has 4 heterocycles. The van der Waals surface area contributed by atoms with Crippen molar-refractivity contribution in [1.29, 1.82) is 5.26 Å². The molecule has 0 bridgehead atoms. The zero-order valence-corrected chi connectivity index (χ0v) is 22.3. The van der Waals surface area contributed by atoms with E-state index in [9.17, 15) is 14.4 Å². The van der Waals surface area contributed by atoms with Crippen LogP contribution in [0.3, 0.4) is 0 Å². The summed E-state index contributed by atoms with van der Waals surface area (Å²) >= 11 is 0. The Kier molecular flexibility index (Phi) is 6.23. The summed E-state index contributed by atoms with van der Waals surface area (Å²) in [7, 11) is 1.74. The van der Waals surface area contributed by atoms with Crippen molar-refractivity contribution in [2.45, 2.75) is 33.0 Å². The number of rotatable bonds is 5. The number of hydrogen-bond acceptors (Lipinski definition) is 8. The van der Waals surface area contributed by atoms with Crippen LogP contribution >= 0.6 is 0 Å². The maximum absolute atomic E-state index is 13.7. The number of hydrogen-bond donors (Lipinski definition) is 1. The molecule has 1 atom stereocenters. The normalized spacial score (nSPS) is 13.6. The topological polar surface area (TPSA) is 118 Å². The molecule has 0 amide bonds. The van der Waals surface area contributed by atoms with E-state index in [1.165, 1.54) is 12.1 Å². The number of benzene rings is 2. The third-order valence-corrected chi connectivity index (χ3v) is 7.33. The molecule has 0 radical (unpaired) electrons. The maximum Gasteiger partial charge on any atom is 0.258 e. The second kappa shape index (κ2) is 9.89. The van der Waals surface area contributed by atoms with Gasteiger partial charge in [0.15, 0.2) is 5.82 Å². The monoisotopic (exact) mass is 535 g/mol. The Balaban J connectivity index is 1.37. The van der Waals surface area contributed by atoms with Gasteiger partial charge in [-0.3, -0.25) is 4.79 Å². The first-order valence-electron chi connectivity index (χ1n) is 12.9. The van der Waals surface area contributed by atoms with Gasteiger partial charge in [0, 0.05) is 49.5 Å². The first kappa shape index (κ1) is 25.2. The van der Waals surface area contributed by atoms with Crippen molar-refractivity contribution in [2.24, 2.45) is 7.05 Å². The number of aryl methyl sites for hydroxylation is 1. The summed E-state index contributed by atoms with van der Waals surface area (Å²) in [6.07, 6.45) is 5.19. The maximum atomic E-state index is 13.7. The lowest BCUT2D eigenvalue weighted by molar-refractivity contribution is 0.551. The molecule has 0 saturated carbocycles. The van der Waals surface area contributed by atoms with Crippen molar-refractivity contribution in [3.05, 3.63) is 93.8 Å². The smallest absolute Gasteiger partial charge is 0.258 e. The summed E-state index contributed by atoms with van der Waals surface area (Å²) < 4.78 is 17.3. The first-order chi connectivity index (χ1) is 19.3. The van der Waals surface area contributed by atoms with Gasteiger partial charge in [-0.25, -0.2) is 14.4 Å². The summed E-state index contributed by atoms with van der Waals surface area (Å²) in [4.78, 5) is 24.8. The number of aromatic nitrogens is 6. The molecule has 5 aromatic rings. The van der Waals surface area contributed by atoms with Crippen molar-refractivity contribution in [2.75, 3.05) is 16.8 Å². The van der Waals surface area contributed by atoms with E-state index < -0.39 is 5.82 Å². The van der Waals surface area contributed by atoms with Gasteiger partial charge in [-0.1, -0.05) is 6.07 Å². The summed E-state index contributed by atoms with van der Waals surface area (Å²) in [5.41, 5.74) is 3.81. The quantitative estimate of drug-likeness (QED) is 0.358. The van der Waals surface area contributed by atoms with Crippen LogP contribution in [0.4, 0.5) is 16.0 Å². The zero-order chi connectivity index (χ0) is 28.0. The van der Waals surface area contributed by atoms with Gasteiger partial charge in [-0.15, -0.1) is 10.2 Å². The highest BCUT2D eigenvalue weighted by Gasteiger charge is 2.21. The lowest BCUT2D eigenvalue weighted by Gasteiger charge is -2.27. The summed E-state index contributed by atoms with van der Waals surface area (Å²) in [5, 5.41) is 22.3. The van der Waals surface area contributed by atoms with E-state index >= 15 is 0 Å². The third-order valence-electron chi connectivity index (χ3n) is 7.33. The Morgan fingerprint density at radius 2 is 1.90 bits per heavy atom. The van der Waals surface area contributed by atoms with E-state index in [-0.39, 0.29) is 17.2 Å². The van der Waals surface area contributed by atoms with Crippen molar-refractivity contribution in [3.8, 4) is 17.3 Å². The molecular weight excluding hydrogens is 509 g/mol. The molecule has 6 rings (SSSR count). The predicted molar refractivity (Wildman–Crippen MR) is 149 cm³/mol. The number of nitrogens with zero attached hydrogens (tertiary/aromatic N) is 8. The number of nitrogens with one attached hydrogen (secondary N) is 1. The van der Waals surface area contributed by atoms with Crippen molar-refractivity contribution >= 4 is 22.4 Å². The molecular formula is C29H26FN9O. The molecule has 40 heavy (non-hydrogen) atoms. The fourth-order valence-corrected chi connectivity index (χ4v) is 5.22. The summed E-state index contributed by atoms with van der Waals surface area (Å²) in [6, 6.07) is 11.7. The minimum atomic E-state index is -0.472. The van der Waals surface area contributed by atoms with E-state index in [0.717, 1.165) is 35.4 Å². The third kappa shape index (κ3) is 4.43. The number of pyridine rings is 1. The van der Waals surface area contributed by atoms with Gasteiger partial charge in [0.2, 0.25) is 5.95 Å². The van der Waals surface area contributed by atoms with E-state index in [1.54, 1.807) is 36.4 Å². The van der Waals surface area contributed by atoms with Crippen LogP contribution in [-0.2, 0) is 20.1 Å². The molecule has 1 aliphatic heterocycles. The molecule has 0 unspecified atom stereocenters.